The van der Waals surface area contributed by atoms with Gasteiger partial charge in [-0.05, 0) is 48.5 Å². The minimum absolute atomic E-state index is 0.400. The molecule has 4 aromatic carbocycles. The molecule has 0 saturated carbocycles. The maximum atomic E-state index is 12.2. The average Bonchev–Trinajstić information content (AvgIpc) is 3.33. The van der Waals surface area contributed by atoms with E-state index in [4.69, 9.17) is 20.4 Å². The Morgan fingerprint density at radius 1 is 0.722 bits per heavy atom. The van der Waals surface area contributed by atoms with Crippen molar-refractivity contribution in [1.82, 2.24) is 0 Å². The van der Waals surface area contributed by atoms with Gasteiger partial charge in [-0.1, -0.05) is 68.3 Å². The van der Waals surface area contributed by atoms with Crippen molar-refractivity contribution in [3.8, 4) is 11.1 Å². The van der Waals surface area contributed by atoms with Crippen molar-refractivity contribution in [3.63, 3.8) is 0 Å². The Labute approximate surface area is 228 Å². The number of halogens is 2. The Morgan fingerprint density at radius 2 is 1.25 bits per heavy atom. The van der Waals surface area contributed by atoms with Gasteiger partial charge < -0.3 is 5.11 Å². The van der Waals surface area contributed by atoms with Crippen LogP contribution < -0.4 is 0 Å². The quantitative estimate of drug-likeness (QED) is 0.113. The number of aliphatic carboxylic acids is 1. The lowest BCUT2D eigenvalue weighted by molar-refractivity contribution is -0.176. The van der Waals surface area contributed by atoms with Crippen LogP contribution >= 0.6 is 43.2 Å². The molecule has 6 rings (SSSR count). The zero-order chi connectivity index (χ0) is 26.5. The summed E-state index contributed by atoms with van der Waals surface area (Å²) in [6, 6.07) is 27.3. The molecular formula is C26H20Br2O6S2. The normalized spacial score (nSPS) is 12.1. The number of carbonyl (C=O) groups is 1. The molecular weight excluding hydrogens is 632 g/mol. The van der Waals surface area contributed by atoms with Gasteiger partial charge in [0, 0.05) is 47.2 Å². The van der Waals surface area contributed by atoms with Gasteiger partial charge in [-0.25, -0.2) is 8.42 Å². The molecule has 0 radical (unpaired) electrons. The van der Waals surface area contributed by atoms with Gasteiger partial charge in [0.25, 0.3) is 5.97 Å². The van der Waals surface area contributed by atoms with Crippen LogP contribution in [0.4, 0.5) is 0 Å². The summed E-state index contributed by atoms with van der Waals surface area (Å²) in [5.41, 5.74) is 1.57. The number of benzene rings is 4. The minimum Gasteiger partial charge on any atom is -0.481 e. The number of sulfone groups is 1. The van der Waals surface area contributed by atoms with Gasteiger partial charge in [-0.2, -0.15) is 0 Å². The number of hydrogen-bond acceptors (Lipinski definition) is 6. The molecule has 0 fully saturated rings. The summed E-state index contributed by atoms with van der Waals surface area (Å²) >= 11 is 8.72. The summed E-state index contributed by atoms with van der Waals surface area (Å²) in [7, 11) is -3.30. The molecule has 0 spiro atoms. The van der Waals surface area contributed by atoms with Crippen LogP contribution in [0.2, 0.25) is 0 Å². The average molecular weight is 652 g/mol. The number of hydrogen-bond donors (Lipinski definition) is 3. The maximum Gasteiger partial charge on any atom is 0.300 e. The van der Waals surface area contributed by atoms with Gasteiger partial charge in [0.05, 0.1) is 9.79 Å². The Bertz CT molecular complexity index is 1640. The lowest BCUT2D eigenvalue weighted by atomic mass is 10.1. The number of carboxylic acid groups (broad SMARTS) is 1. The molecule has 0 atom stereocenters. The van der Waals surface area contributed by atoms with E-state index in [0.29, 0.717) is 9.79 Å². The lowest BCUT2D eigenvalue weighted by Gasteiger charge is -1.98. The summed E-state index contributed by atoms with van der Waals surface area (Å²) < 4.78 is 29.1. The Balaban J connectivity index is 0.000000166. The molecule has 0 amide bonds. The van der Waals surface area contributed by atoms with Crippen molar-refractivity contribution in [2.24, 2.45) is 0 Å². The second kappa shape index (κ2) is 12.1. The highest BCUT2D eigenvalue weighted by Gasteiger charge is 2.32. The predicted octanol–water partition coefficient (Wildman–Crippen LogP) is 8.19. The van der Waals surface area contributed by atoms with Crippen molar-refractivity contribution in [1.29, 1.82) is 0 Å². The summed E-state index contributed by atoms with van der Waals surface area (Å²) in [5.74, 6) is -0.833. The minimum atomic E-state index is -3.30. The van der Waals surface area contributed by atoms with Crippen molar-refractivity contribution < 1.29 is 28.8 Å². The Hall–Kier alpha value is -2.60. The molecule has 36 heavy (non-hydrogen) atoms. The van der Waals surface area contributed by atoms with Gasteiger partial charge in [-0.15, -0.1) is 11.3 Å². The lowest BCUT2D eigenvalue weighted by Crippen LogP contribution is -1.95. The standard InChI is InChI=1S/C12H7BrO2S.C12H7BrS.C2H4O2.H2O2/c13-8-5-6-12-10(7-8)9-3-1-2-4-11(9)16(12,14)15;13-8-5-6-12-10(7-8)9-3-1-2-4-11(9)14-12;1-2(3)4;1-2/h1-7H;1-7H;1H3,(H,3,4);1-2H. The third-order valence-electron chi connectivity index (χ3n) is 5.04. The molecule has 0 bridgehead atoms. The van der Waals surface area contributed by atoms with Gasteiger partial charge in [0.15, 0.2) is 0 Å². The third-order valence-corrected chi connectivity index (χ3v) is 9.05. The number of rotatable bonds is 0. The molecule has 6 nitrogen and oxygen atoms in total. The van der Waals surface area contributed by atoms with E-state index in [1.54, 1.807) is 24.3 Å². The van der Waals surface area contributed by atoms with E-state index in [9.17, 15) is 8.42 Å². The SMILES string of the molecule is Brc1ccc2sc3ccccc3c2c1.CC(=O)O.O=S1(=O)c2ccccc2-c2cc(Br)ccc21.OO. The first-order chi connectivity index (χ1) is 17.2. The summed E-state index contributed by atoms with van der Waals surface area (Å²) in [6.45, 7) is 1.08. The molecule has 2 heterocycles. The van der Waals surface area contributed by atoms with Gasteiger partial charge in [0.1, 0.15) is 0 Å². The summed E-state index contributed by atoms with van der Waals surface area (Å²) in [5, 5.41) is 22.1. The van der Waals surface area contributed by atoms with Gasteiger partial charge in [-0.3, -0.25) is 15.3 Å². The van der Waals surface area contributed by atoms with Crippen molar-refractivity contribution in [2.75, 3.05) is 0 Å². The Morgan fingerprint density at radius 3 is 1.97 bits per heavy atom. The monoisotopic (exact) mass is 650 g/mol. The first-order valence-electron chi connectivity index (χ1n) is 10.3. The van der Waals surface area contributed by atoms with E-state index in [0.717, 1.165) is 27.0 Å². The zero-order valence-electron chi connectivity index (χ0n) is 18.7. The van der Waals surface area contributed by atoms with E-state index in [1.165, 1.54) is 20.2 Å². The number of fused-ring (bicyclic) bond motifs is 6. The molecule has 0 aliphatic carbocycles. The van der Waals surface area contributed by atoms with E-state index in [1.807, 2.05) is 29.5 Å². The van der Waals surface area contributed by atoms with E-state index in [-0.39, 0.29) is 0 Å². The summed E-state index contributed by atoms with van der Waals surface area (Å²) in [6.07, 6.45) is 0. The van der Waals surface area contributed by atoms with Gasteiger partial charge in [0.2, 0.25) is 9.84 Å². The molecule has 10 heteroatoms. The fourth-order valence-corrected chi connectivity index (χ4v) is 7.16. The predicted molar refractivity (Wildman–Crippen MR) is 151 cm³/mol. The van der Waals surface area contributed by atoms with Crippen molar-refractivity contribution in [2.45, 2.75) is 16.7 Å². The van der Waals surface area contributed by atoms with Crippen molar-refractivity contribution in [3.05, 3.63) is 93.9 Å². The molecule has 3 N–H and O–H groups in total. The van der Waals surface area contributed by atoms with E-state index in [2.05, 4.69) is 74.3 Å². The van der Waals surface area contributed by atoms with Crippen LogP contribution in [0.15, 0.2) is 104 Å². The van der Waals surface area contributed by atoms with E-state index >= 15 is 0 Å². The summed E-state index contributed by atoms with van der Waals surface area (Å²) in [4.78, 5) is 9.81. The molecule has 186 valence electrons. The second-order valence-corrected chi connectivity index (χ2v) is 12.2. The van der Waals surface area contributed by atoms with Crippen LogP contribution in [0.5, 0.6) is 0 Å². The highest BCUT2D eigenvalue weighted by Crippen LogP contribution is 2.43. The zero-order valence-corrected chi connectivity index (χ0v) is 23.5. The molecule has 5 aromatic rings. The molecule has 0 saturated heterocycles. The maximum absolute atomic E-state index is 12.2. The smallest absolute Gasteiger partial charge is 0.300 e. The van der Waals surface area contributed by atoms with Crippen LogP contribution in [0, 0.1) is 0 Å². The highest BCUT2D eigenvalue weighted by atomic mass is 79.9. The molecule has 1 aromatic heterocycles. The first kappa shape index (κ1) is 28.0. The fourth-order valence-electron chi connectivity index (χ4n) is 3.69. The number of carboxylic acids is 1. The van der Waals surface area contributed by atoms with Crippen LogP contribution in [0.25, 0.3) is 31.3 Å². The van der Waals surface area contributed by atoms with Crippen LogP contribution in [0.3, 0.4) is 0 Å². The van der Waals surface area contributed by atoms with Crippen LogP contribution in [-0.2, 0) is 14.6 Å². The highest BCUT2D eigenvalue weighted by molar-refractivity contribution is 9.10. The molecule has 1 aliphatic rings. The first-order valence-corrected chi connectivity index (χ1v) is 14.2. The molecule has 0 unspecified atom stereocenters. The molecule has 1 aliphatic heterocycles. The second-order valence-electron chi connectivity index (χ2n) is 7.40. The largest absolute Gasteiger partial charge is 0.481 e. The van der Waals surface area contributed by atoms with E-state index < -0.39 is 15.8 Å². The van der Waals surface area contributed by atoms with Gasteiger partial charge >= 0.3 is 0 Å². The topological polar surface area (TPSA) is 112 Å². The van der Waals surface area contributed by atoms with Crippen molar-refractivity contribution >= 4 is 79.2 Å². The fraction of sp³-hybridized carbons (Fsp3) is 0.0385. The van der Waals surface area contributed by atoms with Crippen LogP contribution in [0.1, 0.15) is 6.92 Å². The number of thiophene rings is 1. The van der Waals surface area contributed by atoms with Crippen LogP contribution in [-0.4, -0.2) is 30.0 Å². The Kier molecular flexibility index (Phi) is 9.40. The third kappa shape index (κ3) is 6.03.